The first kappa shape index (κ1) is 14.7. The molecule has 0 N–H and O–H groups in total. The van der Waals surface area contributed by atoms with Gasteiger partial charge < -0.3 is 9.47 Å². The molecule has 0 heterocycles. The second kappa shape index (κ2) is 7.16. The molecule has 2 rings (SSSR count). The molecular weight excluding hydrogens is 264 g/mol. The number of esters is 1. The molecule has 0 aliphatic carbocycles. The smallest absolute Gasteiger partial charge is 0.304 e. The molecule has 21 heavy (non-hydrogen) atoms. The van der Waals surface area contributed by atoms with E-state index < -0.39 is 6.10 Å². The Hall–Kier alpha value is -2.73. The number of methoxy groups -OCH3 is 1. The van der Waals surface area contributed by atoms with Crippen LogP contribution in [0, 0.1) is 11.8 Å². The quantitative estimate of drug-likeness (QED) is 0.639. The first-order valence-electron chi connectivity index (χ1n) is 6.57. The van der Waals surface area contributed by atoms with E-state index in [0.717, 1.165) is 11.1 Å². The third kappa shape index (κ3) is 4.12. The maximum atomic E-state index is 11.3. The third-order valence-electron chi connectivity index (χ3n) is 2.83. The lowest BCUT2D eigenvalue weighted by Gasteiger charge is -2.14. The van der Waals surface area contributed by atoms with Crippen LogP contribution in [0.3, 0.4) is 0 Å². The van der Waals surface area contributed by atoms with Crippen LogP contribution in [0.5, 0.6) is 5.75 Å². The van der Waals surface area contributed by atoms with Gasteiger partial charge in [0.25, 0.3) is 0 Å². The van der Waals surface area contributed by atoms with Crippen molar-refractivity contribution in [3.63, 3.8) is 0 Å². The Kier molecular flexibility index (Phi) is 5.00. The van der Waals surface area contributed by atoms with Crippen molar-refractivity contribution in [3.8, 4) is 17.6 Å². The van der Waals surface area contributed by atoms with Crippen LogP contribution < -0.4 is 4.74 Å². The minimum atomic E-state index is -0.654. The summed E-state index contributed by atoms with van der Waals surface area (Å²) >= 11 is 0. The Morgan fingerprint density at radius 3 is 2.38 bits per heavy atom. The Morgan fingerprint density at radius 1 is 1.05 bits per heavy atom. The van der Waals surface area contributed by atoms with Crippen molar-refractivity contribution in [1.29, 1.82) is 0 Å². The number of para-hydroxylation sites is 1. The predicted molar refractivity (Wildman–Crippen MR) is 80.8 cm³/mol. The van der Waals surface area contributed by atoms with E-state index in [9.17, 15) is 4.79 Å². The van der Waals surface area contributed by atoms with Crippen molar-refractivity contribution in [2.45, 2.75) is 13.0 Å². The SMILES string of the molecule is COc1ccccc1[C@H](C#Cc1ccccc1)OC(C)=O. The van der Waals surface area contributed by atoms with Gasteiger partial charge in [0, 0.05) is 18.1 Å². The summed E-state index contributed by atoms with van der Waals surface area (Å²) in [6, 6.07) is 16.9. The fourth-order valence-corrected chi connectivity index (χ4v) is 1.89. The minimum Gasteiger partial charge on any atom is -0.496 e. The fourth-order valence-electron chi connectivity index (χ4n) is 1.89. The van der Waals surface area contributed by atoms with E-state index in [2.05, 4.69) is 11.8 Å². The lowest BCUT2D eigenvalue weighted by Crippen LogP contribution is -2.08. The molecule has 1 atom stereocenters. The number of benzene rings is 2. The monoisotopic (exact) mass is 280 g/mol. The fraction of sp³-hybridized carbons (Fsp3) is 0.167. The van der Waals surface area contributed by atoms with Crippen LogP contribution in [0.4, 0.5) is 0 Å². The number of carbonyl (C=O) groups excluding carboxylic acids is 1. The maximum absolute atomic E-state index is 11.3. The molecule has 0 saturated carbocycles. The zero-order valence-electron chi connectivity index (χ0n) is 12.0. The Bertz CT molecular complexity index is 666. The summed E-state index contributed by atoms with van der Waals surface area (Å²) in [6.07, 6.45) is -0.654. The summed E-state index contributed by atoms with van der Waals surface area (Å²) in [5.41, 5.74) is 1.60. The maximum Gasteiger partial charge on any atom is 0.304 e. The first-order chi connectivity index (χ1) is 10.2. The van der Waals surface area contributed by atoms with Crippen molar-refractivity contribution in [2.24, 2.45) is 0 Å². The summed E-state index contributed by atoms with van der Waals surface area (Å²) in [5.74, 6) is 6.27. The molecule has 106 valence electrons. The van der Waals surface area contributed by atoms with Crippen molar-refractivity contribution in [2.75, 3.05) is 7.11 Å². The molecule has 0 bridgehead atoms. The zero-order valence-corrected chi connectivity index (χ0v) is 12.0. The molecule has 0 aliphatic heterocycles. The lowest BCUT2D eigenvalue weighted by molar-refractivity contribution is -0.144. The van der Waals surface area contributed by atoms with Gasteiger partial charge in [-0.1, -0.05) is 42.3 Å². The van der Waals surface area contributed by atoms with Gasteiger partial charge in [0.05, 0.1) is 7.11 Å². The van der Waals surface area contributed by atoms with Gasteiger partial charge in [-0.05, 0) is 24.1 Å². The Balaban J connectivity index is 2.35. The van der Waals surface area contributed by atoms with E-state index >= 15 is 0 Å². The lowest BCUT2D eigenvalue weighted by atomic mass is 10.1. The molecule has 3 nitrogen and oxygen atoms in total. The summed E-state index contributed by atoms with van der Waals surface area (Å²) in [7, 11) is 1.58. The van der Waals surface area contributed by atoms with Crippen molar-refractivity contribution >= 4 is 5.97 Å². The van der Waals surface area contributed by atoms with E-state index in [1.807, 2.05) is 54.6 Å². The summed E-state index contributed by atoms with van der Waals surface area (Å²) in [4.78, 5) is 11.3. The Labute approximate surface area is 124 Å². The molecule has 2 aromatic rings. The summed E-state index contributed by atoms with van der Waals surface area (Å²) < 4.78 is 10.6. The van der Waals surface area contributed by atoms with E-state index in [1.165, 1.54) is 6.92 Å². The number of hydrogen-bond donors (Lipinski definition) is 0. The van der Waals surface area contributed by atoms with Crippen LogP contribution >= 0.6 is 0 Å². The van der Waals surface area contributed by atoms with Gasteiger partial charge in [-0.2, -0.15) is 0 Å². The van der Waals surface area contributed by atoms with Gasteiger partial charge in [-0.25, -0.2) is 0 Å². The largest absolute Gasteiger partial charge is 0.496 e. The van der Waals surface area contributed by atoms with Crippen LogP contribution in [-0.2, 0) is 9.53 Å². The van der Waals surface area contributed by atoms with Crippen molar-refractivity contribution in [3.05, 3.63) is 65.7 Å². The molecule has 0 aliphatic rings. The first-order valence-corrected chi connectivity index (χ1v) is 6.57. The predicted octanol–water partition coefficient (Wildman–Crippen LogP) is 3.35. The standard InChI is InChI=1S/C18H16O3/c1-14(19)21-18(13-12-15-8-4-3-5-9-15)16-10-6-7-11-17(16)20-2/h3-11,18H,1-2H3/t18-/m0/s1. The van der Waals surface area contributed by atoms with Crippen LogP contribution in [0.15, 0.2) is 54.6 Å². The highest BCUT2D eigenvalue weighted by Crippen LogP contribution is 2.27. The van der Waals surface area contributed by atoms with Gasteiger partial charge >= 0.3 is 5.97 Å². The molecule has 0 unspecified atom stereocenters. The molecule has 0 saturated heterocycles. The van der Waals surface area contributed by atoms with Gasteiger partial charge in [0.15, 0.2) is 6.10 Å². The second-order valence-corrected chi connectivity index (χ2v) is 4.37. The molecule has 2 aromatic carbocycles. The van der Waals surface area contributed by atoms with E-state index in [4.69, 9.17) is 9.47 Å². The number of ether oxygens (including phenoxy) is 2. The average Bonchev–Trinajstić information content (AvgIpc) is 2.52. The van der Waals surface area contributed by atoms with E-state index in [0.29, 0.717) is 5.75 Å². The van der Waals surface area contributed by atoms with Crippen LogP contribution in [-0.4, -0.2) is 13.1 Å². The highest BCUT2D eigenvalue weighted by molar-refractivity contribution is 5.67. The highest BCUT2D eigenvalue weighted by Gasteiger charge is 2.16. The molecule has 0 spiro atoms. The third-order valence-corrected chi connectivity index (χ3v) is 2.83. The normalized spacial score (nSPS) is 11.0. The van der Waals surface area contributed by atoms with E-state index in [1.54, 1.807) is 7.11 Å². The summed E-state index contributed by atoms with van der Waals surface area (Å²) in [6.45, 7) is 1.37. The average molecular weight is 280 g/mol. The minimum absolute atomic E-state index is 0.381. The van der Waals surface area contributed by atoms with Gasteiger partial charge in [-0.3, -0.25) is 4.79 Å². The zero-order chi connectivity index (χ0) is 15.1. The van der Waals surface area contributed by atoms with Gasteiger partial charge in [0.1, 0.15) is 5.75 Å². The second-order valence-electron chi connectivity index (χ2n) is 4.37. The van der Waals surface area contributed by atoms with Gasteiger partial charge in [0.2, 0.25) is 0 Å². The van der Waals surface area contributed by atoms with Crippen LogP contribution in [0.25, 0.3) is 0 Å². The molecule has 0 fully saturated rings. The van der Waals surface area contributed by atoms with Crippen molar-refractivity contribution < 1.29 is 14.3 Å². The molecule has 0 aromatic heterocycles. The molecular formula is C18H16O3. The topological polar surface area (TPSA) is 35.5 Å². The molecule has 3 heteroatoms. The van der Waals surface area contributed by atoms with Gasteiger partial charge in [-0.15, -0.1) is 0 Å². The van der Waals surface area contributed by atoms with Crippen LogP contribution in [0.2, 0.25) is 0 Å². The molecule has 0 amide bonds. The number of hydrogen-bond acceptors (Lipinski definition) is 3. The number of carbonyl (C=O) groups is 1. The number of rotatable bonds is 3. The van der Waals surface area contributed by atoms with Crippen molar-refractivity contribution in [1.82, 2.24) is 0 Å². The molecule has 0 radical (unpaired) electrons. The summed E-state index contributed by atoms with van der Waals surface area (Å²) in [5, 5.41) is 0. The Morgan fingerprint density at radius 2 is 1.71 bits per heavy atom. The van der Waals surface area contributed by atoms with Crippen LogP contribution in [0.1, 0.15) is 24.2 Å². The van der Waals surface area contributed by atoms with E-state index in [-0.39, 0.29) is 5.97 Å². The highest BCUT2D eigenvalue weighted by atomic mass is 16.5.